The van der Waals surface area contributed by atoms with E-state index in [-0.39, 0.29) is 0 Å². The molecule has 0 radical (unpaired) electrons. The van der Waals surface area contributed by atoms with E-state index in [1.54, 1.807) is 0 Å². The minimum atomic E-state index is 0.811. The fraction of sp³-hybridized carbons (Fsp3) is 0.308. The minimum Gasteiger partial charge on any atom is -0.371 e. The molecule has 1 aliphatic rings. The molecule has 0 atom stereocenters. The number of carbonyl (C=O) groups is 1. The molecule has 1 heterocycles. The number of nitrogens with zero attached hydrogens (tertiary/aromatic N) is 1. The van der Waals surface area contributed by atoms with Crippen LogP contribution in [-0.2, 0) is 11.2 Å². The topological polar surface area (TPSA) is 20.3 Å². The third-order valence-corrected chi connectivity index (χ3v) is 2.84. The van der Waals surface area contributed by atoms with Crippen molar-refractivity contribution in [2.45, 2.75) is 13.3 Å². The first-order chi connectivity index (χ1) is 7.35. The average Bonchev–Trinajstić information content (AvgIpc) is 2.68. The van der Waals surface area contributed by atoms with E-state index in [0.29, 0.717) is 0 Å². The number of anilines is 1. The van der Waals surface area contributed by atoms with Gasteiger partial charge in [0.05, 0.1) is 0 Å². The van der Waals surface area contributed by atoms with Crippen LogP contribution in [0.4, 0.5) is 5.69 Å². The Hall–Kier alpha value is -1.57. The number of rotatable bonds is 3. The van der Waals surface area contributed by atoms with Gasteiger partial charge in [-0.2, -0.15) is 0 Å². The summed E-state index contributed by atoms with van der Waals surface area (Å²) in [6, 6.07) is 6.38. The molecule has 78 valence electrons. The molecule has 1 aromatic rings. The van der Waals surface area contributed by atoms with Gasteiger partial charge in [-0.15, -0.1) is 0 Å². The van der Waals surface area contributed by atoms with Crippen molar-refractivity contribution in [1.29, 1.82) is 0 Å². The number of likely N-dealkylation sites (N-methyl/N-ethyl adjacent to an activating group) is 1. The zero-order valence-electron chi connectivity index (χ0n) is 8.94. The third-order valence-electron chi connectivity index (χ3n) is 2.84. The van der Waals surface area contributed by atoms with Gasteiger partial charge < -0.3 is 4.90 Å². The zero-order valence-corrected chi connectivity index (χ0v) is 8.94. The summed E-state index contributed by atoms with van der Waals surface area (Å²) in [5.41, 5.74) is 3.85. The highest BCUT2D eigenvalue weighted by Gasteiger charge is 2.16. The summed E-state index contributed by atoms with van der Waals surface area (Å²) >= 11 is 0. The van der Waals surface area contributed by atoms with Crippen molar-refractivity contribution in [3.05, 3.63) is 35.4 Å². The second-order valence-corrected chi connectivity index (χ2v) is 3.71. The summed E-state index contributed by atoms with van der Waals surface area (Å²) in [5.74, 6) is 0. The van der Waals surface area contributed by atoms with Gasteiger partial charge in [0.25, 0.3) is 0 Å². The second kappa shape index (κ2) is 4.30. The van der Waals surface area contributed by atoms with Gasteiger partial charge in [-0.3, -0.25) is 4.79 Å². The van der Waals surface area contributed by atoms with Gasteiger partial charge in [0.1, 0.15) is 6.29 Å². The number of aldehydes is 1. The molecule has 2 nitrogen and oxygen atoms in total. The first-order valence-corrected chi connectivity index (χ1v) is 5.35. The fourth-order valence-corrected chi connectivity index (χ4v) is 2.07. The third kappa shape index (κ3) is 1.94. The van der Waals surface area contributed by atoms with Crippen LogP contribution in [0.25, 0.3) is 6.08 Å². The molecule has 1 aromatic carbocycles. The second-order valence-electron chi connectivity index (χ2n) is 3.71. The molecule has 0 spiro atoms. The van der Waals surface area contributed by atoms with Gasteiger partial charge in [0, 0.05) is 18.8 Å². The van der Waals surface area contributed by atoms with Crippen molar-refractivity contribution >= 4 is 18.0 Å². The number of allylic oxidation sites excluding steroid dienone is 1. The van der Waals surface area contributed by atoms with Crippen LogP contribution in [0.5, 0.6) is 0 Å². The van der Waals surface area contributed by atoms with Crippen LogP contribution in [0, 0.1) is 0 Å². The van der Waals surface area contributed by atoms with E-state index < -0.39 is 0 Å². The molecule has 0 saturated heterocycles. The molecule has 0 bridgehead atoms. The van der Waals surface area contributed by atoms with Crippen LogP contribution in [0.1, 0.15) is 18.1 Å². The molecule has 0 saturated carbocycles. The lowest BCUT2D eigenvalue weighted by Crippen LogP contribution is -2.18. The Bertz CT molecular complexity index is 396. The SMILES string of the molecule is CCN1CCc2cc(/C=C/C=O)ccc21. The summed E-state index contributed by atoms with van der Waals surface area (Å²) in [4.78, 5) is 12.6. The lowest BCUT2D eigenvalue weighted by molar-refractivity contribution is -0.104. The maximum Gasteiger partial charge on any atom is 0.142 e. The van der Waals surface area contributed by atoms with E-state index in [4.69, 9.17) is 0 Å². The molecule has 0 amide bonds. The van der Waals surface area contributed by atoms with Crippen LogP contribution in [0.3, 0.4) is 0 Å². The van der Waals surface area contributed by atoms with Gasteiger partial charge in [-0.1, -0.05) is 12.1 Å². The normalized spacial score (nSPS) is 14.6. The summed E-state index contributed by atoms with van der Waals surface area (Å²) in [7, 11) is 0. The Balaban J connectivity index is 2.28. The summed E-state index contributed by atoms with van der Waals surface area (Å²) in [6.45, 7) is 4.36. The van der Waals surface area contributed by atoms with E-state index in [1.165, 1.54) is 17.3 Å². The molecule has 1 aliphatic heterocycles. The van der Waals surface area contributed by atoms with E-state index in [2.05, 4.69) is 30.0 Å². The summed E-state index contributed by atoms with van der Waals surface area (Å²) in [6.07, 6.45) is 5.31. The zero-order chi connectivity index (χ0) is 10.7. The van der Waals surface area contributed by atoms with Gasteiger partial charge >= 0.3 is 0 Å². The van der Waals surface area contributed by atoms with E-state index >= 15 is 0 Å². The van der Waals surface area contributed by atoms with Crippen molar-refractivity contribution in [3.63, 3.8) is 0 Å². The monoisotopic (exact) mass is 201 g/mol. The van der Waals surface area contributed by atoms with Crippen molar-refractivity contribution < 1.29 is 4.79 Å². The van der Waals surface area contributed by atoms with Crippen molar-refractivity contribution in [2.24, 2.45) is 0 Å². The van der Waals surface area contributed by atoms with E-state index in [1.807, 2.05) is 6.08 Å². The Kier molecular flexibility index (Phi) is 2.86. The first kappa shape index (κ1) is 9.97. The molecular formula is C13H15NO. The number of benzene rings is 1. The van der Waals surface area contributed by atoms with Crippen LogP contribution >= 0.6 is 0 Å². The highest BCUT2D eigenvalue weighted by Crippen LogP contribution is 2.28. The number of hydrogen-bond donors (Lipinski definition) is 0. The molecule has 0 N–H and O–H groups in total. The Morgan fingerprint density at radius 3 is 3.07 bits per heavy atom. The number of carbonyl (C=O) groups excluding carboxylic acids is 1. The van der Waals surface area contributed by atoms with Gasteiger partial charge in [-0.05, 0) is 42.7 Å². The quantitative estimate of drug-likeness (QED) is 0.552. The predicted molar refractivity (Wildman–Crippen MR) is 63.1 cm³/mol. The smallest absolute Gasteiger partial charge is 0.142 e. The molecule has 2 rings (SSSR count). The summed E-state index contributed by atoms with van der Waals surface area (Å²) in [5, 5.41) is 0. The Morgan fingerprint density at radius 2 is 2.33 bits per heavy atom. The summed E-state index contributed by atoms with van der Waals surface area (Å²) < 4.78 is 0. The van der Waals surface area contributed by atoms with Crippen LogP contribution in [0.15, 0.2) is 24.3 Å². The van der Waals surface area contributed by atoms with Gasteiger partial charge in [0.2, 0.25) is 0 Å². The molecule has 15 heavy (non-hydrogen) atoms. The molecular weight excluding hydrogens is 186 g/mol. The van der Waals surface area contributed by atoms with Crippen molar-refractivity contribution in [3.8, 4) is 0 Å². The maximum atomic E-state index is 10.2. The number of fused-ring (bicyclic) bond motifs is 1. The largest absolute Gasteiger partial charge is 0.371 e. The highest BCUT2D eigenvalue weighted by atomic mass is 16.1. The molecule has 0 unspecified atom stereocenters. The van der Waals surface area contributed by atoms with Gasteiger partial charge in [0.15, 0.2) is 0 Å². The van der Waals surface area contributed by atoms with Crippen LogP contribution in [-0.4, -0.2) is 19.4 Å². The van der Waals surface area contributed by atoms with Crippen molar-refractivity contribution in [2.75, 3.05) is 18.0 Å². The highest BCUT2D eigenvalue weighted by molar-refractivity contribution is 5.75. The molecule has 0 aliphatic carbocycles. The van der Waals surface area contributed by atoms with Gasteiger partial charge in [-0.25, -0.2) is 0 Å². The first-order valence-electron chi connectivity index (χ1n) is 5.35. The minimum absolute atomic E-state index is 0.811. The fourth-order valence-electron chi connectivity index (χ4n) is 2.07. The average molecular weight is 201 g/mol. The molecule has 0 fully saturated rings. The van der Waals surface area contributed by atoms with Crippen LogP contribution in [0.2, 0.25) is 0 Å². The molecule has 2 heteroatoms. The molecule has 0 aromatic heterocycles. The maximum absolute atomic E-state index is 10.2. The Morgan fingerprint density at radius 1 is 1.47 bits per heavy atom. The lowest BCUT2D eigenvalue weighted by atomic mass is 10.1. The van der Waals surface area contributed by atoms with E-state index in [0.717, 1.165) is 31.4 Å². The van der Waals surface area contributed by atoms with E-state index in [9.17, 15) is 4.79 Å². The number of hydrogen-bond acceptors (Lipinski definition) is 2. The van der Waals surface area contributed by atoms with Crippen molar-refractivity contribution in [1.82, 2.24) is 0 Å². The lowest BCUT2D eigenvalue weighted by Gasteiger charge is -2.16. The Labute approximate surface area is 90.2 Å². The standard InChI is InChI=1S/C13H15NO/c1-2-14-8-7-12-10-11(4-3-9-15)5-6-13(12)14/h3-6,9-10H,2,7-8H2,1H3/b4-3+. The predicted octanol–water partition coefficient (Wildman–Crippen LogP) is 2.28. The van der Waals surface area contributed by atoms with Crippen LogP contribution < -0.4 is 4.90 Å².